The third-order valence-corrected chi connectivity index (χ3v) is 12.1. The van der Waals surface area contributed by atoms with Gasteiger partial charge < -0.3 is 0 Å². The van der Waals surface area contributed by atoms with Gasteiger partial charge in [-0.1, -0.05) is 82.4 Å². The molecule has 0 aliphatic carbocycles. The molecule has 0 saturated heterocycles. The van der Waals surface area contributed by atoms with Crippen LogP contribution in [0.25, 0.3) is 54.5 Å². The Morgan fingerprint density at radius 1 is 0.730 bits per heavy atom. The molecule has 4 aromatic carbocycles. The minimum absolute atomic E-state index is 0.104. The molecule has 37 heavy (non-hydrogen) atoms. The Morgan fingerprint density at radius 2 is 1.49 bits per heavy atom. The van der Waals surface area contributed by atoms with Crippen molar-refractivity contribution in [3.05, 3.63) is 83.6 Å². The van der Waals surface area contributed by atoms with Crippen LogP contribution in [0.3, 0.4) is 0 Å². The summed E-state index contributed by atoms with van der Waals surface area (Å²) in [5, 5.41) is 11.9. The maximum Gasteiger partial charge on any atom is 0.137 e. The van der Waals surface area contributed by atoms with Gasteiger partial charge in [-0.3, -0.25) is 9.97 Å². The van der Waals surface area contributed by atoms with E-state index < -0.39 is 8.07 Å². The fourth-order valence-corrected chi connectivity index (χ4v) is 9.23. The zero-order chi connectivity index (χ0) is 25.9. The van der Waals surface area contributed by atoms with Crippen molar-refractivity contribution in [2.45, 2.75) is 53.1 Å². The van der Waals surface area contributed by atoms with Gasteiger partial charge >= 0.3 is 0 Å². The van der Waals surface area contributed by atoms with E-state index in [0.29, 0.717) is 0 Å². The number of benzene rings is 4. The zero-order valence-corrected chi connectivity index (χ0v) is 23.7. The molecule has 2 nitrogen and oxygen atoms in total. The van der Waals surface area contributed by atoms with Crippen molar-refractivity contribution < 1.29 is 0 Å². The smallest absolute Gasteiger partial charge is 0.137 e. The lowest BCUT2D eigenvalue weighted by Crippen LogP contribution is -2.57. The summed E-state index contributed by atoms with van der Waals surface area (Å²) in [6.07, 6.45) is 1.99. The first-order chi connectivity index (χ1) is 17.6. The molecule has 0 unspecified atom stereocenters. The molecule has 182 valence electrons. The second-order valence-electron chi connectivity index (χ2n) is 12.4. The van der Waals surface area contributed by atoms with Gasteiger partial charge in [-0.05, 0) is 80.2 Å². The van der Waals surface area contributed by atoms with E-state index in [-0.39, 0.29) is 5.41 Å². The standard InChI is InChI=1S/C34H32N2Si/c1-19-8-9-22-16-28-32-30-25(14-15-35-32)24-13-11-21-10-12-23(34(3,4)5)17-26(21)27(24)18-29(30)37(6,7)33(28)36-31(22)20(19)2/h8-18H,1-7H3. The number of pyridine rings is 2. The summed E-state index contributed by atoms with van der Waals surface area (Å²) in [6, 6.07) is 23.1. The summed E-state index contributed by atoms with van der Waals surface area (Å²) < 4.78 is 0. The molecule has 0 atom stereocenters. The monoisotopic (exact) mass is 496 g/mol. The normalized spacial score (nSPS) is 14.6. The van der Waals surface area contributed by atoms with Gasteiger partial charge in [-0.25, -0.2) is 0 Å². The number of fused-ring (bicyclic) bond motifs is 7. The summed E-state index contributed by atoms with van der Waals surface area (Å²) in [7, 11) is -2.13. The van der Waals surface area contributed by atoms with Crippen LogP contribution in [-0.4, -0.2) is 18.0 Å². The predicted molar refractivity (Wildman–Crippen MR) is 162 cm³/mol. The average Bonchev–Trinajstić information content (AvgIpc) is 2.87. The van der Waals surface area contributed by atoms with Gasteiger partial charge in [0.2, 0.25) is 0 Å². The largest absolute Gasteiger partial charge is 0.256 e. The third kappa shape index (κ3) is 3.04. The lowest BCUT2D eigenvalue weighted by Gasteiger charge is -2.33. The highest BCUT2D eigenvalue weighted by Crippen LogP contribution is 2.39. The van der Waals surface area contributed by atoms with Crippen LogP contribution in [0, 0.1) is 13.8 Å². The molecule has 1 aliphatic rings. The maximum absolute atomic E-state index is 5.43. The fourth-order valence-electron chi connectivity index (χ4n) is 6.34. The van der Waals surface area contributed by atoms with Crippen LogP contribution in [0.5, 0.6) is 0 Å². The lowest BCUT2D eigenvalue weighted by molar-refractivity contribution is 0.591. The summed E-state index contributed by atoms with van der Waals surface area (Å²) in [5.41, 5.74) is 7.50. The highest BCUT2D eigenvalue weighted by Gasteiger charge is 2.38. The molecule has 0 spiro atoms. The molecule has 6 aromatic rings. The van der Waals surface area contributed by atoms with E-state index in [9.17, 15) is 0 Å². The van der Waals surface area contributed by atoms with Gasteiger partial charge in [-0.2, -0.15) is 0 Å². The van der Waals surface area contributed by atoms with Crippen molar-refractivity contribution in [3.8, 4) is 11.3 Å². The summed E-state index contributed by atoms with van der Waals surface area (Å²) in [6.45, 7) is 16.2. The number of hydrogen-bond donors (Lipinski definition) is 0. The summed E-state index contributed by atoms with van der Waals surface area (Å²) in [4.78, 5) is 10.4. The van der Waals surface area contributed by atoms with Gasteiger partial charge in [0.1, 0.15) is 8.07 Å². The number of hydrogen-bond acceptors (Lipinski definition) is 2. The van der Waals surface area contributed by atoms with E-state index in [2.05, 4.69) is 108 Å². The van der Waals surface area contributed by atoms with Crippen molar-refractivity contribution in [3.63, 3.8) is 0 Å². The molecule has 0 bridgehead atoms. The number of nitrogens with zero attached hydrogens (tertiary/aromatic N) is 2. The minimum atomic E-state index is -2.13. The van der Waals surface area contributed by atoms with Crippen LogP contribution in [0.15, 0.2) is 66.9 Å². The van der Waals surface area contributed by atoms with E-state index in [4.69, 9.17) is 9.97 Å². The molecular weight excluding hydrogens is 464 g/mol. The third-order valence-electron chi connectivity index (χ3n) is 8.76. The van der Waals surface area contributed by atoms with Crippen LogP contribution in [0.2, 0.25) is 13.1 Å². The first-order valence-corrected chi connectivity index (χ1v) is 16.3. The van der Waals surface area contributed by atoms with Crippen molar-refractivity contribution in [2.75, 3.05) is 0 Å². The van der Waals surface area contributed by atoms with Gasteiger partial charge in [-0.15, -0.1) is 0 Å². The van der Waals surface area contributed by atoms with E-state index in [1.807, 2.05) is 6.20 Å². The zero-order valence-electron chi connectivity index (χ0n) is 22.7. The van der Waals surface area contributed by atoms with Crippen LogP contribution < -0.4 is 10.5 Å². The number of rotatable bonds is 0. The Kier molecular flexibility index (Phi) is 4.44. The van der Waals surface area contributed by atoms with Gasteiger partial charge in [0.25, 0.3) is 0 Å². The summed E-state index contributed by atoms with van der Waals surface area (Å²) in [5.74, 6) is 0. The first-order valence-electron chi connectivity index (χ1n) is 13.3. The van der Waals surface area contributed by atoms with Crippen LogP contribution in [-0.2, 0) is 5.41 Å². The Morgan fingerprint density at radius 3 is 2.27 bits per heavy atom. The molecule has 7 rings (SSSR count). The molecule has 1 aliphatic heterocycles. The highest BCUT2D eigenvalue weighted by molar-refractivity contribution is 7.03. The Labute approximate surface area is 219 Å². The van der Waals surface area contributed by atoms with Crippen LogP contribution in [0.4, 0.5) is 0 Å². The van der Waals surface area contributed by atoms with Crippen LogP contribution in [0.1, 0.15) is 37.5 Å². The summed E-state index contributed by atoms with van der Waals surface area (Å²) >= 11 is 0. The van der Waals surface area contributed by atoms with Crippen LogP contribution >= 0.6 is 0 Å². The maximum atomic E-state index is 5.43. The molecule has 3 heteroatoms. The second-order valence-corrected chi connectivity index (χ2v) is 16.7. The van der Waals surface area contributed by atoms with E-state index in [1.165, 1.54) is 70.5 Å². The second kappa shape index (κ2) is 7.26. The average molecular weight is 497 g/mol. The predicted octanol–water partition coefficient (Wildman–Crippen LogP) is 7.81. The topological polar surface area (TPSA) is 25.8 Å². The fraction of sp³-hybridized carbons (Fsp3) is 0.235. The molecule has 0 N–H and O–H groups in total. The van der Waals surface area contributed by atoms with Crippen molar-refractivity contribution in [1.29, 1.82) is 0 Å². The SMILES string of the molecule is Cc1ccc2cc3c(nc2c1C)[Si](C)(C)c1cc2c4cc(C(C)(C)C)ccc4ccc2c2ccnc-3c12. The molecule has 0 fully saturated rings. The van der Waals surface area contributed by atoms with Crippen molar-refractivity contribution in [1.82, 2.24) is 9.97 Å². The molecular formula is C34H32N2Si. The minimum Gasteiger partial charge on any atom is -0.256 e. The Hall–Kier alpha value is -3.56. The van der Waals surface area contributed by atoms with Gasteiger partial charge in [0, 0.05) is 27.8 Å². The van der Waals surface area contributed by atoms with E-state index >= 15 is 0 Å². The van der Waals surface area contributed by atoms with E-state index in [1.54, 1.807) is 0 Å². The van der Waals surface area contributed by atoms with Gasteiger partial charge in [0.15, 0.2) is 0 Å². The quantitative estimate of drug-likeness (QED) is 0.158. The van der Waals surface area contributed by atoms with Crippen molar-refractivity contribution in [2.24, 2.45) is 0 Å². The van der Waals surface area contributed by atoms with Gasteiger partial charge in [0.05, 0.1) is 11.2 Å². The highest BCUT2D eigenvalue weighted by atomic mass is 28.3. The van der Waals surface area contributed by atoms with E-state index in [0.717, 1.165) is 11.2 Å². The lowest BCUT2D eigenvalue weighted by atomic mass is 9.85. The Balaban J connectivity index is 1.65. The number of aryl methyl sites for hydroxylation is 2. The Bertz CT molecular complexity index is 1960. The van der Waals surface area contributed by atoms with Crippen molar-refractivity contribution >= 4 is 61.8 Å². The molecule has 2 aromatic heterocycles. The first kappa shape index (κ1) is 22.6. The molecule has 0 radical (unpaired) electrons. The molecule has 3 heterocycles. The number of aromatic nitrogens is 2. The molecule has 0 amide bonds. The molecule has 0 saturated carbocycles.